The number of carbonyl (C=O) groups excluding carboxylic acids is 1. The Labute approximate surface area is 159 Å². The second kappa shape index (κ2) is 8.21. The van der Waals surface area contributed by atoms with Crippen LogP contribution in [0.2, 0.25) is 10.0 Å². The lowest BCUT2D eigenvalue weighted by Crippen LogP contribution is -2.09. The lowest BCUT2D eigenvalue weighted by molar-refractivity contribution is -0.134. The summed E-state index contributed by atoms with van der Waals surface area (Å²) in [6, 6.07) is 11.9. The number of hydrogen-bond donors (Lipinski definition) is 0. The molecule has 0 unspecified atom stereocenters. The summed E-state index contributed by atoms with van der Waals surface area (Å²) in [7, 11) is 1.60. The number of hydrogen-bond acceptors (Lipinski definition) is 6. The highest BCUT2D eigenvalue weighted by Gasteiger charge is 2.12. The molecule has 0 amide bonds. The van der Waals surface area contributed by atoms with Gasteiger partial charge < -0.3 is 14.0 Å². The molecular formula is C18H14Cl2N2O4. The van der Waals surface area contributed by atoms with Crippen LogP contribution in [0.1, 0.15) is 12.3 Å². The smallest absolute Gasteiger partial charge is 0.311 e. The second-order valence-electron chi connectivity index (χ2n) is 5.29. The van der Waals surface area contributed by atoms with Crippen molar-refractivity contribution in [1.29, 1.82) is 0 Å². The third-order valence-corrected chi connectivity index (χ3v) is 4.22. The molecule has 8 heteroatoms. The molecule has 0 radical (unpaired) electrons. The Balaban J connectivity index is 1.56. The zero-order valence-electron chi connectivity index (χ0n) is 13.7. The van der Waals surface area contributed by atoms with E-state index in [0.717, 1.165) is 11.3 Å². The number of aromatic nitrogens is 2. The molecule has 6 nitrogen and oxygen atoms in total. The van der Waals surface area contributed by atoms with Gasteiger partial charge in [0.15, 0.2) is 0 Å². The van der Waals surface area contributed by atoms with Crippen LogP contribution in [0, 0.1) is 0 Å². The molecule has 1 heterocycles. The van der Waals surface area contributed by atoms with Gasteiger partial charge in [0.1, 0.15) is 11.5 Å². The number of carbonyl (C=O) groups is 1. The van der Waals surface area contributed by atoms with Gasteiger partial charge in [-0.2, -0.15) is 4.98 Å². The van der Waals surface area contributed by atoms with Crippen LogP contribution in [0.4, 0.5) is 0 Å². The molecule has 0 spiro atoms. The molecule has 0 saturated heterocycles. The fraction of sp³-hybridized carbons (Fsp3) is 0.167. The standard InChI is InChI=1S/C18H14Cl2N2O4/c1-24-12-4-2-11(3-5-12)18-21-16(26-22-18)8-9-17(23)25-13-6-7-14(19)15(20)10-13/h2-7,10H,8-9H2,1H3. The highest BCUT2D eigenvalue weighted by atomic mass is 35.5. The number of rotatable bonds is 6. The van der Waals surface area contributed by atoms with Crippen LogP contribution >= 0.6 is 23.2 Å². The molecule has 1 aromatic heterocycles. The fourth-order valence-electron chi connectivity index (χ4n) is 2.15. The van der Waals surface area contributed by atoms with E-state index in [0.29, 0.717) is 27.5 Å². The predicted molar refractivity (Wildman–Crippen MR) is 96.7 cm³/mol. The molecular weight excluding hydrogens is 379 g/mol. The van der Waals surface area contributed by atoms with Crippen molar-refractivity contribution in [1.82, 2.24) is 10.1 Å². The van der Waals surface area contributed by atoms with Gasteiger partial charge in [0, 0.05) is 18.1 Å². The van der Waals surface area contributed by atoms with Crippen LogP contribution in [-0.4, -0.2) is 23.2 Å². The van der Waals surface area contributed by atoms with E-state index in [9.17, 15) is 4.79 Å². The Hall–Kier alpha value is -2.57. The summed E-state index contributed by atoms with van der Waals surface area (Å²) >= 11 is 11.7. The first kappa shape index (κ1) is 18.2. The number of ether oxygens (including phenoxy) is 2. The Morgan fingerprint density at radius 1 is 1.08 bits per heavy atom. The van der Waals surface area contributed by atoms with Crippen molar-refractivity contribution in [3.05, 3.63) is 58.4 Å². The minimum Gasteiger partial charge on any atom is -0.497 e. The number of benzene rings is 2. The molecule has 3 rings (SSSR count). The Morgan fingerprint density at radius 3 is 2.50 bits per heavy atom. The summed E-state index contributed by atoms with van der Waals surface area (Å²) < 4.78 is 15.5. The first-order valence-electron chi connectivity index (χ1n) is 7.68. The van der Waals surface area contributed by atoms with Gasteiger partial charge in [-0.1, -0.05) is 28.4 Å². The third kappa shape index (κ3) is 4.53. The summed E-state index contributed by atoms with van der Waals surface area (Å²) in [6.07, 6.45) is 0.355. The van der Waals surface area contributed by atoms with Gasteiger partial charge in [-0.15, -0.1) is 0 Å². The van der Waals surface area contributed by atoms with Gasteiger partial charge in [-0.05, 0) is 36.4 Å². The van der Waals surface area contributed by atoms with Crippen LogP contribution in [-0.2, 0) is 11.2 Å². The van der Waals surface area contributed by atoms with Crippen LogP contribution < -0.4 is 9.47 Å². The Bertz CT molecular complexity index is 910. The topological polar surface area (TPSA) is 74.5 Å². The molecule has 0 aliphatic rings. The minimum absolute atomic E-state index is 0.0878. The highest BCUT2D eigenvalue weighted by molar-refractivity contribution is 6.42. The van der Waals surface area contributed by atoms with E-state index in [1.54, 1.807) is 31.4 Å². The minimum atomic E-state index is -0.437. The Morgan fingerprint density at radius 2 is 1.81 bits per heavy atom. The highest BCUT2D eigenvalue weighted by Crippen LogP contribution is 2.26. The van der Waals surface area contributed by atoms with Crippen LogP contribution in [0.5, 0.6) is 11.5 Å². The average Bonchev–Trinajstić information content (AvgIpc) is 3.12. The number of methoxy groups -OCH3 is 1. The molecule has 0 fully saturated rings. The van der Waals surface area contributed by atoms with Gasteiger partial charge in [-0.3, -0.25) is 4.79 Å². The third-order valence-electron chi connectivity index (χ3n) is 3.48. The van der Waals surface area contributed by atoms with Crippen molar-refractivity contribution < 1.29 is 18.8 Å². The van der Waals surface area contributed by atoms with E-state index in [1.165, 1.54) is 6.07 Å². The molecule has 0 saturated carbocycles. The lowest BCUT2D eigenvalue weighted by Gasteiger charge is -2.04. The van der Waals surface area contributed by atoms with Gasteiger partial charge in [0.05, 0.1) is 23.6 Å². The van der Waals surface area contributed by atoms with E-state index < -0.39 is 5.97 Å². The quantitative estimate of drug-likeness (QED) is 0.451. The molecule has 2 aromatic carbocycles. The molecule has 134 valence electrons. The molecule has 3 aromatic rings. The summed E-state index contributed by atoms with van der Waals surface area (Å²) in [6.45, 7) is 0. The maximum Gasteiger partial charge on any atom is 0.311 e. The van der Waals surface area contributed by atoms with Crippen molar-refractivity contribution in [2.75, 3.05) is 7.11 Å². The summed E-state index contributed by atoms with van der Waals surface area (Å²) in [5, 5.41) is 4.62. The fourth-order valence-corrected chi connectivity index (χ4v) is 2.43. The van der Waals surface area contributed by atoms with Crippen LogP contribution in [0.25, 0.3) is 11.4 Å². The van der Waals surface area contributed by atoms with Crippen molar-refractivity contribution in [3.63, 3.8) is 0 Å². The number of aryl methyl sites for hydroxylation is 1. The normalized spacial score (nSPS) is 10.6. The average molecular weight is 393 g/mol. The van der Waals surface area contributed by atoms with E-state index in [2.05, 4.69) is 10.1 Å². The maximum absolute atomic E-state index is 11.9. The maximum atomic E-state index is 11.9. The first-order valence-corrected chi connectivity index (χ1v) is 8.43. The van der Waals surface area contributed by atoms with Crippen molar-refractivity contribution >= 4 is 29.2 Å². The van der Waals surface area contributed by atoms with Crippen molar-refractivity contribution in [2.45, 2.75) is 12.8 Å². The van der Waals surface area contributed by atoms with E-state index >= 15 is 0 Å². The number of nitrogens with zero attached hydrogens (tertiary/aromatic N) is 2. The number of halogens is 2. The lowest BCUT2D eigenvalue weighted by atomic mass is 10.2. The summed E-state index contributed by atoms with van der Waals surface area (Å²) in [4.78, 5) is 16.2. The molecule has 0 atom stereocenters. The van der Waals surface area contributed by atoms with Gasteiger partial charge in [0.2, 0.25) is 11.7 Å². The zero-order chi connectivity index (χ0) is 18.5. The van der Waals surface area contributed by atoms with Gasteiger partial charge >= 0.3 is 5.97 Å². The molecule has 0 N–H and O–H groups in total. The zero-order valence-corrected chi connectivity index (χ0v) is 15.3. The predicted octanol–water partition coefficient (Wildman–Crippen LogP) is 4.59. The van der Waals surface area contributed by atoms with Crippen LogP contribution in [0.3, 0.4) is 0 Å². The molecule has 0 aliphatic heterocycles. The van der Waals surface area contributed by atoms with Gasteiger partial charge in [-0.25, -0.2) is 0 Å². The molecule has 0 aliphatic carbocycles. The van der Waals surface area contributed by atoms with Crippen molar-refractivity contribution in [2.24, 2.45) is 0 Å². The van der Waals surface area contributed by atoms with Gasteiger partial charge in [0.25, 0.3) is 0 Å². The molecule has 26 heavy (non-hydrogen) atoms. The first-order chi connectivity index (χ1) is 12.5. The second-order valence-corrected chi connectivity index (χ2v) is 6.10. The van der Waals surface area contributed by atoms with E-state index in [1.807, 2.05) is 12.1 Å². The Kier molecular flexibility index (Phi) is 5.75. The largest absolute Gasteiger partial charge is 0.497 e. The SMILES string of the molecule is COc1ccc(-c2noc(CCC(=O)Oc3ccc(Cl)c(Cl)c3)n2)cc1. The monoisotopic (exact) mass is 392 g/mol. The van der Waals surface area contributed by atoms with E-state index in [4.69, 9.17) is 37.2 Å². The van der Waals surface area contributed by atoms with Crippen molar-refractivity contribution in [3.8, 4) is 22.9 Å². The molecule has 0 bridgehead atoms. The van der Waals surface area contributed by atoms with Crippen LogP contribution in [0.15, 0.2) is 47.0 Å². The van der Waals surface area contributed by atoms with E-state index in [-0.39, 0.29) is 12.8 Å². The summed E-state index contributed by atoms with van der Waals surface area (Å²) in [5.74, 6) is 1.42. The summed E-state index contributed by atoms with van der Waals surface area (Å²) in [5.41, 5.74) is 0.791. The number of esters is 1.